The molecule has 1 aliphatic heterocycles. The van der Waals surface area contributed by atoms with Crippen LogP contribution in [0.25, 0.3) is 0 Å². The summed E-state index contributed by atoms with van der Waals surface area (Å²) in [5, 5.41) is 9.57. The molecule has 5 nitrogen and oxygen atoms in total. The van der Waals surface area contributed by atoms with Gasteiger partial charge in [0.1, 0.15) is 6.07 Å². The Morgan fingerprint density at radius 2 is 1.50 bits per heavy atom. The number of hydrogen-bond acceptors (Lipinski definition) is 5. The third-order valence-electron chi connectivity index (χ3n) is 5.76. The monoisotopic (exact) mass is 370 g/mol. The van der Waals surface area contributed by atoms with Crippen molar-refractivity contribution in [3.8, 4) is 6.07 Å². The van der Waals surface area contributed by atoms with Crippen molar-refractivity contribution in [2.24, 2.45) is 0 Å². The SMILES string of the molecule is N#Cc1nc([C@@H]2C[C@@H]2c2ccccc2)oc1N1CCN(c2ccccc2)CC1. The number of para-hydroxylation sites is 1. The largest absolute Gasteiger partial charge is 0.423 e. The molecule has 2 atom stereocenters. The Balaban J connectivity index is 1.30. The van der Waals surface area contributed by atoms with Gasteiger partial charge >= 0.3 is 0 Å². The van der Waals surface area contributed by atoms with Crippen LogP contribution in [0.1, 0.15) is 35.4 Å². The Hall–Kier alpha value is -3.26. The van der Waals surface area contributed by atoms with E-state index >= 15 is 0 Å². The molecule has 0 unspecified atom stereocenters. The Bertz CT molecular complexity index is 984. The van der Waals surface area contributed by atoms with Crippen molar-refractivity contribution in [1.82, 2.24) is 4.98 Å². The number of oxazole rings is 1. The Kier molecular flexibility index (Phi) is 4.25. The summed E-state index contributed by atoms with van der Waals surface area (Å²) in [6.07, 6.45) is 1.04. The van der Waals surface area contributed by atoms with Gasteiger partial charge in [0.2, 0.25) is 17.5 Å². The van der Waals surface area contributed by atoms with Gasteiger partial charge in [0, 0.05) is 37.8 Å². The van der Waals surface area contributed by atoms with E-state index in [2.05, 4.69) is 69.4 Å². The molecule has 0 N–H and O–H groups in total. The number of rotatable bonds is 4. The van der Waals surface area contributed by atoms with Crippen molar-refractivity contribution in [2.45, 2.75) is 18.3 Å². The van der Waals surface area contributed by atoms with Crippen LogP contribution in [0.4, 0.5) is 11.6 Å². The molecule has 2 fully saturated rings. The number of benzene rings is 2. The Morgan fingerprint density at radius 3 is 2.18 bits per heavy atom. The van der Waals surface area contributed by atoms with E-state index in [1.807, 2.05) is 12.1 Å². The molecular formula is C23H22N4O. The molecule has 1 saturated carbocycles. The van der Waals surface area contributed by atoms with Gasteiger partial charge in [-0.1, -0.05) is 48.5 Å². The third-order valence-corrected chi connectivity index (χ3v) is 5.76. The van der Waals surface area contributed by atoms with Gasteiger partial charge in [-0.2, -0.15) is 5.26 Å². The minimum absolute atomic E-state index is 0.286. The van der Waals surface area contributed by atoms with Crippen molar-refractivity contribution in [2.75, 3.05) is 36.0 Å². The van der Waals surface area contributed by atoms with Crippen molar-refractivity contribution in [3.63, 3.8) is 0 Å². The second kappa shape index (κ2) is 7.05. The summed E-state index contributed by atoms with van der Waals surface area (Å²) in [6, 6.07) is 23.2. The van der Waals surface area contributed by atoms with Gasteiger partial charge < -0.3 is 14.2 Å². The molecule has 1 aromatic heterocycles. The predicted molar refractivity (Wildman–Crippen MR) is 109 cm³/mol. The van der Waals surface area contributed by atoms with Crippen LogP contribution in [-0.2, 0) is 0 Å². The summed E-state index contributed by atoms with van der Waals surface area (Å²) in [7, 11) is 0. The lowest BCUT2D eigenvalue weighted by Gasteiger charge is -2.35. The first-order valence-corrected chi connectivity index (χ1v) is 9.84. The lowest BCUT2D eigenvalue weighted by molar-refractivity contribution is 0.476. The van der Waals surface area contributed by atoms with E-state index in [4.69, 9.17) is 4.42 Å². The highest BCUT2D eigenvalue weighted by Crippen LogP contribution is 2.54. The minimum Gasteiger partial charge on any atom is -0.423 e. The first-order valence-electron chi connectivity index (χ1n) is 9.84. The fraction of sp³-hybridized carbons (Fsp3) is 0.304. The molecule has 1 aliphatic carbocycles. The van der Waals surface area contributed by atoms with E-state index in [1.165, 1.54) is 11.3 Å². The zero-order chi connectivity index (χ0) is 18.9. The summed E-state index contributed by atoms with van der Waals surface area (Å²) < 4.78 is 6.14. The van der Waals surface area contributed by atoms with Crippen LogP contribution < -0.4 is 9.80 Å². The van der Waals surface area contributed by atoms with Gasteiger partial charge in [-0.3, -0.25) is 0 Å². The lowest BCUT2D eigenvalue weighted by atomic mass is 10.1. The summed E-state index contributed by atoms with van der Waals surface area (Å²) in [5.41, 5.74) is 2.98. The lowest BCUT2D eigenvalue weighted by Crippen LogP contribution is -2.46. The fourth-order valence-corrected chi connectivity index (χ4v) is 4.12. The standard InChI is InChI=1S/C23H22N4O/c24-16-21-23(27-13-11-26(12-14-27)18-9-5-2-6-10-18)28-22(25-21)20-15-19(20)17-7-3-1-4-8-17/h1-10,19-20H,11-15H2/t19-,20-/m1/s1. The van der Waals surface area contributed by atoms with Gasteiger partial charge in [-0.05, 0) is 30.0 Å². The van der Waals surface area contributed by atoms with Crippen LogP contribution in [0.2, 0.25) is 0 Å². The first-order chi connectivity index (χ1) is 13.8. The fourth-order valence-electron chi connectivity index (χ4n) is 4.12. The molecule has 3 aromatic rings. The number of hydrogen-bond donors (Lipinski definition) is 0. The second-order valence-electron chi connectivity index (χ2n) is 7.49. The van der Waals surface area contributed by atoms with Crippen LogP contribution in [0.3, 0.4) is 0 Å². The van der Waals surface area contributed by atoms with E-state index in [0.29, 0.717) is 23.4 Å². The number of anilines is 2. The van der Waals surface area contributed by atoms with Crippen molar-refractivity contribution < 1.29 is 4.42 Å². The molecule has 0 bridgehead atoms. The Morgan fingerprint density at radius 1 is 0.857 bits per heavy atom. The molecule has 5 rings (SSSR count). The van der Waals surface area contributed by atoms with E-state index in [-0.39, 0.29) is 5.92 Å². The zero-order valence-electron chi connectivity index (χ0n) is 15.7. The normalized spacial score (nSPS) is 21.4. The molecule has 2 aliphatic rings. The highest BCUT2D eigenvalue weighted by atomic mass is 16.4. The van der Waals surface area contributed by atoms with E-state index < -0.39 is 0 Å². The molecular weight excluding hydrogens is 348 g/mol. The average Bonchev–Trinajstić information content (AvgIpc) is 3.46. The van der Waals surface area contributed by atoms with Gasteiger partial charge in [0.05, 0.1) is 0 Å². The van der Waals surface area contributed by atoms with Crippen LogP contribution in [0.15, 0.2) is 65.1 Å². The summed E-state index contributed by atoms with van der Waals surface area (Å²) in [4.78, 5) is 9.06. The van der Waals surface area contributed by atoms with Crippen LogP contribution in [-0.4, -0.2) is 31.2 Å². The molecule has 0 amide bonds. The number of aromatic nitrogens is 1. The van der Waals surface area contributed by atoms with E-state index in [9.17, 15) is 5.26 Å². The third kappa shape index (κ3) is 3.11. The second-order valence-corrected chi connectivity index (χ2v) is 7.49. The van der Waals surface area contributed by atoms with Crippen LogP contribution in [0, 0.1) is 11.3 Å². The molecule has 0 radical (unpaired) electrons. The van der Waals surface area contributed by atoms with Gasteiger partial charge in [-0.15, -0.1) is 0 Å². The van der Waals surface area contributed by atoms with Crippen molar-refractivity contribution >= 4 is 11.6 Å². The Labute approximate surface area is 164 Å². The summed E-state index contributed by atoms with van der Waals surface area (Å²) >= 11 is 0. The molecule has 140 valence electrons. The average molecular weight is 370 g/mol. The minimum atomic E-state index is 0.286. The molecule has 28 heavy (non-hydrogen) atoms. The topological polar surface area (TPSA) is 56.3 Å². The van der Waals surface area contributed by atoms with E-state index in [0.717, 1.165) is 32.6 Å². The maximum atomic E-state index is 9.57. The molecule has 1 saturated heterocycles. The van der Waals surface area contributed by atoms with Crippen LogP contribution in [0.5, 0.6) is 0 Å². The number of piperazine rings is 1. The smallest absolute Gasteiger partial charge is 0.234 e. The highest BCUT2D eigenvalue weighted by Gasteiger charge is 2.44. The zero-order valence-corrected chi connectivity index (χ0v) is 15.7. The van der Waals surface area contributed by atoms with Crippen molar-refractivity contribution in [3.05, 3.63) is 77.8 Å². The maximum absolute atomic E-state index is 9.57. The molecule has 0 spiro atoms. The number of nitrogens with zero attached hydrogens (tertiary/aromatic N) is 4. The van der Waals surface area contributed by atoms with Gasteiger partial charge in [-0.25, -0.2) is 4.98 Å². The first kappa shape index (κ1) is 16.9. The summed E-state index contributed by atoms with van der Waals surface area (Å²) in [6.45, 7) is 3.46. The van der Waals surface area contributed by atoms with Crippen LogP contribution >= 0.6 is 0 Å². The molecule has 5 heteroatoms. The highest BCUT2D eigenvalue weighted by molar-refractivity contribution is 5.52. The van der Waals surface area contributed by atoms with Crippen molar-refractivity contribution in [1.29, 1.82) is 5.26 Å². The molecule has 2 heterocycles. The quantitative estimate of drug-likeness (QED) is 0.691. The van der Waals surface area contributed by atoms with Gasteiger partial charge in [0.15, 0.2) is 0 Å². The predicted octanol–water partition coefficient (Wildman–Crippen LogP) is 4.14. The maximum Gasteiger partial charge on any atom is 0.234 e. The number of nitriles is 1. The van der Waals surface area contributed by atoms with Gasteiger partial charge in [0.25, 0.3) is 0 Å². The summed E-state index contributed by atoms with van der Waals surface area (Å²) in [5.74, 6) is 2.10. The van der Waals surface area contributed by atoms with E-state index in [1.54, 1.807) is 0 Å². The molecule has 2 aromatic carbocycles.